The van der Waals surface area contributed by atoms with Gasteiger partial charge in [-0.15, -0.1) is 10.2 Å². The minimum atomic E-state index is -0.483. The zero-order valence-electron chi connectivity index (χ0n) is 12.4. The molecule has 21 heavy (non-hydrogen) atoms. The molecule has 1 heterocycles. The molecule has 1 unspecified atom stereocenters. The van der Waals surface area contributed by atoms with Gasteiger partial charge >= 0.3 is 5.97 Å². The molecule has 0 saturated carbocycles. The van der Waals surface area contributed by atoms with E-state index in [0.29, 0.717) is 18.8 Å². The summed E-state index contributed by atoms with van der Waals surface area (Å²) in [5.74, 6) is -0.483. The fourth-order valence-corrected chi connectivity index (χ4v) is 1.90. The van der Waals surface area contributed by atoms with E-state index in [0.717, 1.165) is 10.9 Å². The van der Waals surface area contributed by atoms with Crippen molar-refractivity contribution in [3.63, 3.8) is 0 Å². The third kappa shape index (κ3) is 3.46. The van der Waals surface area contributed by atoms with Gasteiger partial charge < -0.3 is 14.8 Å². The molecule has 1 aromatic heterocycles. The number of carbonyl (C=O) groups excluding carboxylic acids is 1. The van der Waals surface area contributed by atoms with E-state index in [1.54, 1.807) is 14.0 Å². The molecule has 1 aromatic carbocycles. The number of rotatable bonds is 6. The molecule has 112 valence electrons. The zero-order chi connectivity index (χ0) is 15.2. The van der Waals surface area contributed by atoms with Crippen molar-refractivity contribution in [2.45, 2.75) is 20.0 Å². The Labute approximate surface area is 123 Å². The van der Waals surface area contributed by atoms with E-state index in [4.69, 9.17) is 9.47 Å². The quantitative estimate of drug-likeness (QED) is 0.822. The van der Waals surface area contributed by atoms with Crippen molar-refractivity contribution in [2.24, 2.45) is 0 Å². The minimum Gasteiger partial charge on any atom is -0.461 e. The first-order valence-corrected chi connectivity index (χ1v) is 6.86. The van der Waals surface area contributed by atoms with Gasteiger partial charge in [-0.25, -0.2) is 4.79 Å². The monoisotopic (exact) mass is 289 g/mol. The molecule has 0 bridgehead atoms. The normalized spacial score (nSPS) is 12.1. The standard InChI is InChI=1S/C15H19N3O3/c1-4-21-15(19)14-13(16-9-10(2)20-3)11-7-5-6-8-12(11)17-18-14/h5-8,10H,4,9H2,1-3H3,(H,16,17). The number of hydrogen-bond acceptors (Lipinski definition) is 6. The lowest BCUT2D eigenvalue weighted by atomic mass is 10.1. The van der Waals surface area contributed by atoms with Gasteiger partial charge in [0.1, 0.15) is 0 Å². The van der Waals surface area contributed by atoms with Crippen molar-refractivity contribution >= 4 is 22.6 Å². The molecule has 1 N–H and O–H groups in total. The molecule has 0 saturated heterocycles. The molecule has 0 aliphatic heterocycles. The SMILES string of the molecule is CCOC(=O)c1nnc2ccccc2c1NCC(C)OC. The molecule has 0 aliphatic carbocycles. The summed E-state index contributed by atoms with van der Waals surface area (Å²) in [6, 6.07) is 7.52. The van der Waals surface area contributed by atoms with Crippen LogP contribution in [0.2, 0.25) is 0 Å². The van der Waals surface area contributed by atoms with Crippen LogP contribution in [0.1, 0.15) is 24.3 Å². The van der Waals surface area contributed by atoms with Crippen LogP contribution in [0.25, 0.3) is 10.9 Å². The Morgan fingerprint density at radius 1 is 1.33 bits per heavy atom. The minimum absolute atomic E-state index is 0.00646. The topological polar surface area (TPSA) is 73.3 Å². The Morgan fingerprint density at radius 2 is 2.10 bits per heavy atom. The largest absolute Gasteiger partial charge is 0.461 e. The first-order valence-electron chi connectivity index (χ1n) is 6.86. The van der Waals surface area contributed by atoms with Gasteiger partial charge in [-0.3, -0.25) is 0 Å². The summed E-state index contributed by atoms with van der Waals surface area (Å²) in [6.07, 6.45) is 0.00646. The highest BCUT2D eigenvalue weighted by molar-refractivity contribution is 6.03. The van der Waals surface area contributed by atoms with Gasteiger partial charge in [0.2, 0.25) is 0 Å². The fraction of sp³-hybridized carbons (Fsp3) is 0.400. The molecular formula is C15H19N3O3. The molecule has 2 aromatic rings. The van der Waals surface area contributed by atoms with Gasteiger partial charge in [-0.05, 0) is 19.9 Å². The van der Waals surface area contributed by atoms with Crippen LogP contribution in [0, 0.1) is 0 Å². The maximum atomic E-state index is 12.0. The average molecular weight is 289 g/mol. The summed E-state index contributed by atoms with van der Waals surface area (Å²) >= 11 is 0. The number of nitrogens with zero attached hydrogens (tertiary/aromatic N) is 2. The summed E-state index contributed by atoms with van der Waals surface area (Å²) in [7, 11) is 1.64. The van der Waals surface area contributed by atoms with E-state index >= 15 is 0 Å². The van der Waals surface area contributed by atoms with Crippen molar-refractivity contribution in [1.82, 2.24) is 10.2 Å². The molecule has 0 radical (unpaired) electrons. The molecule has 1 atom stereocenters. The lowest BCUT2D eigenvalue weighted by Crippen LogP contribution is -2.21. The van der Waals surface area contributed by atoms with Crippen LogP contribution in [0.5, 0.6) is 0 Å². The lowest BCUT2D eigenvalue weighted by molar-refractivity contribution is 0.0519. The van der Waals surface area contributed by atoms with E-state index < -0.39 is 5.97 Å². The van der Waals surface area contributed by atoms with Gasteiger partial charge in [0, 0.05) is 19.0 Å². The smallest absolute Gasteiger partial charge is 0.361 e. The highest BCUT2D eigenvalue weighted by Crippen LogP contribution is 2.24. The number of benzene rings is 1. The summed E-state index contributed by atoms with van der Waals surface area (Å²) in [5, 5.41) is 12.1. The number of nitrogens with one attached hydrogen (secondary N) is 1. The highest BCUT2D eigenvalue weighted by Gasteiger charge is 2.18. The van der Waals surface area contributed by atoms with Crippen molar-refractivity contribution in [2.75, 3.05) is 25.6 Å². The van der Waals surface area contributed by atoms with E-state index in [-0.39, 0.29) is 11.8 Å². The summed E-state index contributed by atoms with van der Waals surface area (Å²) in [6.45, 7) is 4.54. The first-order chi connectivity index (χ1) is 10.2. The Kier molecular flexibility index (Phi) is 5.05. The van der Waals surface area contributed by atoms with E-state index in [1.165, 1.54) is 0 Å². The maximum Gasteiger partial charge on any atom is 0.361 e. The number of fused-ring (bicyclic) bond motifs is 1. The number of anilines is 1. The number of aromatic nitrogens is 2. The molecule has 6 heteroatoms. The van der Waals surface area contributed by atoms with E-state index in [9.17, 15) is 4.79 Å². The predicted octanol–water partition coefficient (Wildman–Crippen LogP) is 2.25. The Hall–Kier alpha value is -2.21. The molecule has 0 aliphatic rings. The molecule has 2 rings (SSSR count). The van der Waals surface area contributed by atoms with Crippen molar-refractivity contribution in [3.05, 3.63) is 30.0 Å². The van der Waals surface area contributed by atoms with E-state index in [1.807, 2.05) is 31.2 Å². The third-order valence-electron chi connectivity index (χ3n) is 3.11. The van der Waals surface area contributed by atoms with Crippen LogP contribution in [0.3, 0.4) is 0 Å². The fourth-order valence-electron chi connectivity index (χ4n) is 1.90. The number of carbonyl (C=O) groups is 1. The second-order valence-electron chi connectivity index (χ2n) is 4.59. The van der Waals surface area contributed by atoms with Crippen LogP contribution in [0.4, 0.5) is 5.69 Å². The highest BCUT2D eigenvalue weighted by atomic mass is 16.5. The number of hydrogen-bond donors (Lipinski definition) is 1. The van der Waals surface area contributed by atoms with Crippen molar-refractivity contribution in [3.8, 4) is 0 Å². The first kappa shape index (κ1) is 15.2. The lowest BCUT2D eigenvalue weighted by Gasteiger charge is -2.15. The molecule has 0 spiro atoms. The zero-order valence-corrected chi connectivity index (χ0v) is 12.4. The maximum absolute atomic E-state index is 12.0. The Morgan fingerprint density at radius 3 is 2.81 bits per heavy atom. The van der Waals surface area contributed by atoms with Gasteiger partial charge in [-0.2, -0.15) is 0 Å². The third-order valence-corrected chi connectivity index (χ3v) is 3.11. The summed E-state index contributed by atoms with van der Waals surface area (Å²) in [5.41, 5.74) is 1.54. The van der Waals surface area contributed by atoms with Crippen LogP contribution in [0.15, 0.2) is 24.3 Å². The van der Waals surface area contributed by atoms with Gasteiger partial charge in [0.05, 0.1) is 23.9 Å². The number of ether oxygens (including phenoxy) is 2. The molecule has 0 amide bonds. The Bertz CT molecular complexity index is 631. The van der Waals surface area contributed by atoms with Crippen LogP contribution in [-0.2, 0) is 9.47 Å². The predicted molar refractivity (Wildman–Crippen MR) is 80.5 cm³/mol. The summed E-state index contributed by atoms with van der Waals surface area (Å²) in [4.78, 5) is 12.0. The van der Waals surface area contributed by atoms with E-state index in [2.05, 4.69) is 15.5 Å². The van der Waals surface area contributed by atoms with Gasteiger partial charge in [0.15, 0.2) is 5.69 Å². The number of methoxy groups -OCH3 is 1. The number of esters is 1. The van der Waals surface area contributed by atoms with Crippen LogP contribution in [-0.4, -0.2) is 42.5 Å². The van der Waals surface area contributed by atoms with Crippen LogP contribution < -0.4 is 5.32 Å². The van der Waals surface area contributed by atoms with Gasteiger partial charge in [-0.1, -0.05) is 18.2 Å². The van der Waals surface area contributed by atoms with Gasteiger partial charge in [0.25, 0.3) is 0 Å². The summed E-state index contributed by atoms with van der Waals surface area (Å²) < 4.78 is 10.3. The second-order valence-corrected chi connectivity index (χ2v) is 4.59. The van der Waals surface area contributed by atoms with Crippen molar-refractivity contribution in [1.29, 1.82) is 0 Å². The molecule has 0 fully saturated rings. The molecule has 6 nitrogen and oxygen atoms in total. The van der Waals surface area contributed by atoms with Crippen LogP contribution >= 0.6 is 0 Å². The second kappa shape index (κ2) is 6.99. The average Bonchev–Trinajstić information content (AvgIpc) is 2.52. The molecular weight excluding hydrogens is 270 g/mol. The van der Waals surface area contributed by atoms with Crippen molar-refractivity contribution < 1.29 is 14.3 Å². The Balaban J connectivity index is 2.44.